The van der Waals surface area contributed by atoms with Crippen molar-refractivity contribution in [3.63, 3.8) is 0 Å². The first-order chi connectivity index (χ1) is 11.9. The van der Waals surface area contributed by atoms with Crippen molar-refractivity contribution in [3.8, 4) is 0 Å². The molecule has 1 amide bonds. The maximum atomic E-state index is 12.2. The number of hydrogen-bond donors (Lipinski definition) is 1. The van der Waals surface area contributed by atoms with Gasteiger partial charge in [0.25, 0.3) is 17.5 Å². The second-order valence-electron chi connectivity index (χ2n) is 5.53. The number of aromatic nitrogens is 4. The molecule has 1 N–H and O–H groups in total. The van der Waals surface area contributed by atoms with E-state index in [-0.39, 0.29) is 11.7 Å². The zero-order chi connectivity index (χ0) is 18.0. The van der Waals surface area contributed by atoms with Crippen LogP contribution in [-0.4, -0.2) is 37.6 Å². The molecule has 3 heterocycles. The van der Waals surface area contributed by atoms with Crippen molar-refractivity contribution in [2.24, 2.45) is 0 Å². The molecule has 3 rings (SSSR count). The molecule has 0 saturated carbocycles. The summed E-state index contributed by atoms with van der Waals surface area (Å²) in [6, 6.07) is 5.65. The standard InChI is InChI=1S/C16H17N5O3S/c1-9-7-10(2)21-16(18-9)19-13(20-21)15(23)24-11(3)14(22)17-8-12-5-4-6-25-12/h4-7,11H,8H2,1-3H3,(H,17,22). The van der Waals surface area contributed by atoms with Gasteiger partial charge in [-0.25, -0.2) is 14.3 Å². The van der Waals surface area contributed by atoms with Crippen LogP contribution in [0.3, 0.4) is 0 Å². The van der Waals surface area contributed by atoms with Gasteiger partial charge in [-0.2, -0.15) is 4.98 Å². The summed E-state index contributed by atoms with van der Waals surface area (Å²) in [6.45, 7) is 5.57. The van der Waals surface area contributed by atoms with Crippen LogP contribution in [0.15, 0.2) is 23.6 Å². The quantitative estimate of drug-likeness (QED) is 0.696. The average molecular weight is 359 g/mol. The van der Waals surface area contributed by atoms with Crippen LogP contribution < -0.4 is 5.32 Å². The van der Waals surface area contributed by atoms with Crippen LogP contribution in [0, 0.1) is 13.8 Å². The highest BCUT2D eigenvalue weighted by Gasteiger charge is 2.22. The molecule has 0 aliphatic heterocycles. The minimum absolute atomic E-state index is 0.126. The van der Waals surface area contributed by atoms with Crippen molar-refractivity contribution in [2.45, 2.75) is 33.4 Å². The lowest BCUT2D eigenvalue weighted by molar-refractivity contribution is -0.129. The van der Waals surface area contributed by atoms with Gasteiger partial charge >= 0.3 is 5.97 Å². The lowest BCUT2D eigenvalue weighted by Crippen LogP contribution is -2.35. The molecule has 1 unspecified atom stereocenters. The zero-order valence-electron chi connectivity index (χ0n) is 14.0. The van der Waals surface area contributed by atoms with Gasteiger partial charge in [-0.05, 0) is 38.3 Å². The number of nitrogens with zero attached hydrogens (tertiary/aromatic N) is 4. The van der Waals surface area contributed by atoms with Crippen molar-refractivity contribution in [2.75, 3.05) is 0 Å². The Morgan fingerprint density at radius 2 is 2.16 bits per heavy atom. The maximum absolute atomic E-state index is 12.2. The summed E-state index contributed by atoms with van der Waals surface area (Å²) in [5.41, 5.74) is 1.58. The fraction of sp³-hybridized carbons (Fsp3) is 0.312. The Labute approximate surface area is 147 Å². The highest BCUT2D eigenvalue weighted by molar-refractivity contribution is 7.09. The Hall–Kier alpha value is -2.81. The topological polar surface area (TPSA) is 98.5 Å². The van der Waals surface area contributed by atoms with Crippen LogP contribution in [0.25, 0.3) is 5.78 Å². The van der Waals surface area contributed by atoms with Gasteiger partial charge in [0.15, 0.2) is 6.10 Å². The van der Waals surface area contributed by atoms with E-state index in [1.807, 2.05) is 37.4 Å². The number of carbonyl (C=O) groups is 2. The highest BCUT2D eigenvalue weighted by Crippen LogP contribution is 2.09. The number of rotatable bonds is 5. The van der Waals surface area contributed by atoms with Crippen molar-refractivity contribution < 1.29 is 14.3 Å². The van der Waals surface area contributed by atoms with Crippen LogP contribution in [0.5, 0.6) is 0 Å². The number of ether oxygens (including phenoxy) is 1. The van der Waals surface area contributed by atoms with E-state index in [9.17, 15) is 9.59 Å². The van der Waals surface area contributed by atoms with Gasteiger partial charge in [0.1, 0.15) is 0 Å². The Bertz CT molecular complexity index is 919. The molecule has 9 heteroatoms. The molecule has 3 aromatic rings. The van der Waals surface area contributed by atoms with Crippen molar-refractivity contribution >= 4 is 29.0 Å². The minimum atomic E-state index is -0.949. The summed E-state index contributed by atoms with van der Waals surface area (Å²) in [5, 5.41) is 8.74. The molecule has 25 heavy (non-hydrogen) atoms. The van der Waals surface area contributed by atoms with Crippen LogP contribution >= 0.6 is 11.3 Å². The molecular weight excluding hydrogens is 342 g/mol. The molecular formula is C16H17N5O3S. The third kappa shape index (κ3) is 3.82. The van der Waals surface area contributed by atoms with Gasteiger partial charge in [-0.1, -0.05) is 6.07 Å². The van der Waals surface area contributed by atoms with Gasteiger partial charge in [0.2, 0.25) is 0 Å². The second kappa shape index (κ2) is 6.98. The molecule has 3 aromatic heterocycles. The van der Waals surface area contributed by atoms with E-state index >= 15 is 0 Å². The van der Waals surface area contributed by atoms with Gasteiger partial charge in [-0.15, -0.1) is 16.4 Å². The lowest BCUT2D eigenvalue weighted by Gasteiger charge is -2.11. The summed E-state index contributed by atoms with van der Waals surface area (Å²) < 4.78 is 6.62. The van der Waals surface area contributed by atoms with E-state index in [0.29, 0.717) is 12.3 Å². The zero-order valence-corrected chi connectivity index (χ0v) is 14.8. The molecule has 0 aromatic carbocycles. The van der Waals surface area contributed by atoms with Gasteiger partial charge in [-0.3, -0.25) is 4.79 Å². The number of amides is 1. The fourth-order valence-corrected chi connectivity index (χ4v) is 2.90. The third-order valence-corrected chi connectivity index (χ3v) is 4.35. The number of nitrogens with one attached hydrogen (secondary N) is 1. The fourth-order valence-electron chi connectivity index (χ4n) is 2.25. The number of carbonyl (C=O) groups excluding carboxylic acids is 2. The first kappa shape index (κ1) is 17.0. The number of esters is 1. The number of thiophene rings is 1. The molecule has 1 atom stereocenters. The first-order valence-electron chi connectivity index (χ1n) is 7.66. The Morgan fingerprint density at radius 1 is 1.36 bits per heavy atom. The van der Waals surface area contributed by atoms with Crippen molar-refractivity contribution in [1.29, 1.82) is 0 Å². The normalized spacial score (nSPS) is 12.1. The summed E-state index contributed by atoms with van der Waals surface area (Å²) in [7, 11) is 0. The Morgan fingerprint density at radius 3 is 2.88 bits per heavy atom. The minimum Gasteiger partial charge on any atom is -0.447 e. The summed E-state index contributed by atoms with van der Waals surface area (Å²) in [6.07, 6.45) is -0.949. The second-order valence-corrected chi connectivity index (χ2v) is 6.56. The van der Waals surface area contributed by atoms with Gasteiger partial charge in [0, 0.05) is 16.3 Å². The van der Waals surface area contributed by atoms with E-state index in [1.165, 1.54) is 11.4 Å². The number of aryl methyl sites for hydroxylation is 2. The first-order valence-corrected chi connectivity index (χ1v) is 8.54. The van der Waals surface area contributed by atoms with E-state index in [1.54, 1.807) is 11.3 Å². The molecule has 0 saturated heterocycles. The van der Waals surface area contributed by atoms with Crippen LogP contribution in [0.2, 0.25) is 0 Å². The summed E-state index contributed by atoms with van der Waals surface area (Å²) in [4.78, 5) is 33.5. The largest absolute Gasteiger partial charge is 0.447 e. The third-order valence-electron chi connectivity index (χ3n) is 3.47. The Balaban J connectivity index is 1.65. The smallest absolute Gasteiger partial charge is 0.379 e. The summed E-state index contributed by atoms with van der Waals surface area (Å²) in [5.74, 6) is -0.949. The van der Waals surface area contributed by atoms with Crippen LogP contribution in [0.4, 0.5) is 0 Å². The summed E-state index contributed by atoms with van der Waals surface area (Å²) >= 11 is 1.54. The monoisotopic (exact) mass is 359 g/mol. The molecule has 8 nitrogen and oxygen atoms in total. The van der Waals surface area contributed by atoms with E-state index in [2.05, 4.69) is 20.4 Å². The van der Waals surface area contributed by atoms with E-state index < -0.39 is 12.1 Å². The highest BCUT2D eigenvalue weighted by atomic mass is 32.1. The van der Waals surface area contributed by atoms with Gasteiger partial charge in [0.05, 0.1) is 6.54 Å². The molecule has 0 spiro atoms. The van der Waals surface area contributed by atoms with Crippen LogP contribution in [-0.2, 0) is 16.1 Å². The van der Waals surface area contributed by atoms with E-state index in [4.69, 9.17) is 4.74 Å². The predicted octanol–water partition coefficient (Wildman–Crippen LogP) is 1.66. The maximum Gasteiger partial charge on any atom is 0.379 e. The molecule has 0 radical (unpaired) electrons. The Kier molecular flexibility index (Phi) is 4.75. The number of hydrogen-bond acceptors (Lipinski definition) is 7. The molecule has 130 valence electrons. The van der Waals surface area contributed by atoms with E-state index in [0.717, 1.165) is 16.3 Å². The molecule has 0 bridgehead atoms. The van der Waals surface area contributed by atoms with Crippen molar-refractivity contribution in [1.82, 2.24) is 24.9 Å². The molecule has 0 aliphatic carbocycles. The lowest BCUT2D eigenvalue weighted by atomic mass is 10.3. The van der Waals surface area contributed by atoms with Gasteiger partial charge < -0.3 is 10.1 Å². The van der Waals surface area contributed by atoms with Crippen molar-refractivity contribution in [3.05, 3.63) is 45.7 Å². The number of fused-ring (bicyclic) bond motifs is 1. The predicted molar refractivity (Wildman–Crippen MR) is 91.3 cm³/mol. The molecule has 0 fully saturated rings. The van der Waals surface area contributed by atoms with Crippen LogP contribution in [0.1, 0.15) is 33.8 Å². The average Bonchev–Trinajstić information content (AvgIpc) is 3.21. The SMILES string of the molecule is Cc1cc(C)n2nc(C(=O)OC(C)C(=O)NCc3cccs3)nc2n1. The molecule has 0 aliphatic rings.